The van der Waals surface area contributed by atoms with E-state index < -0.39 is 0 Å². The summed E-state index contributed by atoms with van der Waals surface area (Å²) in [5.41, 5.74) is 1.12. The van der Waals surface area contributed by atoms with E-state index in [1.807, 2.05) is 12.1 Å². The summed E-state index contributed by atoms with van der Waals surface area (Å²) in [6, 6.07) is 6.96. The second-order valence-corrected chi connectivity index (χ2v) is 5.09. The van der Waals surface area contributed by atoms with Gasteiger partial charge >= 0.3 is 0 Å². The average molecular weight is 266 g/mol. The Morgan fingerprint density at radius 3 is 2.79 bits per heavy atom. The molecule has 2 atom stereocenters. The molecule has 1 saturated heterocycles. The van der Waals surface area contributed by atoms with Crippen LogP contribution in [0.4, 0.5) is 4.39 Å². The van der Waals surface area contributed by atoms with Crippen molar-refractivity contribution in [1.82, 2.24) is 10.2 Å². The van der Waals surface area contributed by atoms with Gasteiger partial charge in [-0.3, -0.25) is 4.90 Å². The Morgan fingerprint density at radius 1 is 1.37 bits per heavy atom. The molecule has 2 unspecified atom stereocenters. The Labute approximate surface area is 114 Å². The number of benzene rings is 1. The number of hydrogen-bond donors (Lipinski definition) is 1. The molecule has 0 aromatic heterocycles. The van der Waals surface area contributed by atoms with E-state index in [1.54, 1.807) is 0 Å². The molecule has 0 amide bonds. The first kappa shape index (κ1) is 14.4. The number of morpholine rings is 1. The molecule has 1 fully saturated rings. The molecule has 19 heavy (non-hydrogen) atoms. The molecule has 1 aliphatic rings. The van der Waals surface area contributed by atoms with Gasteiger partial charge in [0.05, 0.1) is 18.8 Å². The maximum atomic E-state index is 13.0. The van der Waals surface area contributed by atoms with Gasteiger partial charge in [0.2, 0.25) is 0 Å². The Hall–Kier alpha value is -0.970. The third-order valence-corrected chi connectivity index (χ3v) is 3.59. The zero-order chi connectivity index (χ0) is 13.7. The number of hydrogen-bond acceptors (Lipinski definition) is 3. The molecule has 1 heterocycles. The van der Waals surface area contributed by atoms with Crippen LogP contribution in [0.2, 0.25) is 0 Å². The third-order valence-electron chi connectivity index (χ3n) is 3.59. The highest BCUT2D eigenvalue weighted by Crippen LogP contribution is 2.28. The minimum Gasteiger partial charge on any atom is -0.374 e. The average Bonchev–Trinajstić information content (AvgIpc) is 2.41. The van der Waals surface area contributed by atoms with Gasteiger partial charge in [-0.05, 0) is 37.7 Å². The smallest absolute Gasteiger partial charge is 0.123 e. The Bertz CT molecular complexity index is 382. The highest BCUT2D eigenvalue weighted by Gasteiger charge is 2.30. The monoisotopic (exact) mass is 266 g/mol. The number of nitrogens with one attached hydrogen (secondary N) is 1. The van der Waals surface area contributed by atoms with Gasteiger partial charge in [0, 0.05) is 13.1 Å². The summed E-state index contributed by atoms with van der Waals surface area (Å²) in [5.74, 6) is -0.191. The molecule has 0 bridgehead atoms. The highest BCUT2D eigenvalue weighted by atomic mass is 19.1. The van der Waals surface area contributed by atoms with Crippen molar-refractivity contribution in [3.05, 3.63) is 35.6 Å². The Balaban J connectivity index is 2.09. The predicted octanol–water partition coefficient (Wildman–Crippen LogP) is 2.20. The molecule has 106 valence electrons. The quantitative estimate of drug-likeness (QED) is 0.827. The van der Waals surface area contributed by atoms with Crippen LogP contribution in [0.3, 0.4) is 0 Å². The van der Waals surface area contributed by atoms with Crippen molar-refractivity contribution in [2.75, 3.05) is 33.3 Å². The lowest BCUT2D eigenvalue weighted by atomic mass is 9.98. The fourth-order valence-corrected chi connectivity index (χ4v) is 2.58. The number of rotatable bonds is 5. The maximum Gasteiger partial charge on any atom is 0.123 e. The van der Waals surface area contributed by atoms with Crippen LogP contribution in [-0.2, 0) is 4.74 Å². The van der Waals surface area contributed by atoms with E-state index in [1.165, 1.54) is 12.1 Å². The molecule has 2 rings (SSSR count). The fourth-order valence-electron chi connectivity index (χ4n) is 2.58. The summed E-state index contributed by atoms with van der Waals surface area (Å²) in [4.78, 5) is 2.29. The van der Waals surface area contributed by atoms with Crippen LogP contribution in [0, 0.1) is 5.82 Å². The fraction of sp³-hybridized carbons (Fsp3) is 0.600. The molecule has 0 aliphatic carbocycles. The van der Waals surface area contributed by atoms with Crippen LogP contribution in [0.1, 0.15) is 24.9 Å². The van der Waals surface area contributed by atoms with Crippen LogP contribution in [0.5, 0.6) is 0 Å². The SMILES string of the molecule is CCCNCC1OCCN(C)C1c1ccc(F)cc1. The summed E-state index contributed by atoms with van der Waals surface area (Å²) in [7, 11) is 2.10. The van der Waals surface area contributed by atoms with Gasteiger partial charge in [0.15, 0.2) is 0 Å². The van der Waals surface area contributed by atoms with Crippen molar-refractivity contribution in [1.29, 1.82) is 0 Å². The number of halogens is 1. The predicted molar refractivity (Wildman–Crippen MR) is 74.7 cm³/mol. The van der Waals surface area contributed by atoms with E-state index in [4.69, 9.17) is 4.74 Å². The van der Waals surface area contributed by atoms with Gasteiger partial charge in [0.1, 0.15) is 5.82 Å². The van der Waals surface area contributed by atoms with Gasteiger partial charge in [-0.1, -0.05) is 19.1 Å². The molecule has 1 aliphatic heterocycles. The van der Waals surface area contributed by atoms with Crippen LogP contribution in [0.25, 0.3) is 0 Å². The first-order chi connectivity index (χ1) is 9.22. The first-order valence-corrected chi connectivity index (χ1v) is 7.00. The summed E-state index contributed by atoms with van der Waals surface area (Å²) in [5, 5.41) is 3.41. The number of likely N-dealkylation sites (N-methyl/N-ethyl adjacent to an activating group) is 1. The molecule has 0 spiro atoms. The number of nitrogens with zero attached hydrogens (tertiary/aromatic N) is 1. The summed E-state index contributed by atoms with van der Waals surface area (Å²) in [6.45, 7) is 5.65. The van der Waals surface area contributed by atoms with E-state index in [2.05, 4.69) is 24.2 Å². The van der Waals surface area contributed by atoms with Crippen molar-refractivity contribution in [3.63, 3.8) is 0 Å². The van der Waals surface area contributed by atoms with Crippen LogP contribution in [-0.4, -0.2) is 44.3 Å². The summed E-state index contributed by atoms with van der Waals surface area (Å²) < 4.78 is 18.9. The summed E-state index contributed by atoms with van der Waals surface area (Å²) in [6.07, 6.45) is 1.24. The standard InChI is InChI=1S/C15H23FN2O/c1-3-8-17-11-14-15(18(2)9-10-19-14)12-4-6-13(16)7-5-12/h4-7,14-15,17H,3,8-11H2,1-2H3. The maximum absolute atomic E-state index is 13.0. The van der Waals surface area contributed by atoms with Crippen LogP contribution >= 0.6 is 0 Å². The lowest BCUT2D eigenvalue weighted by molar-refractivity contribution is -0.0612. The number of ether oxygens (including phenoxy) is 1. The molecule has 4 heteroatoms. The van der Waals surface area contributed by atoms with E-state index >= 15 is 0 Å². The van der Waals surface area contributed by atoms with Crippen molar-refractivity contribution in [2.45, 2.75) is 25.5 Å². The van der Waals surface area contributed by atoms with E-state index in [0.29, 0.717) is 0 Å². The topological polar surface area (TPSA) is 24.5 Å². The van der Waals surface area contributed by atoms with Crippen LogP contribution < -0.4 is 5.32 Å². The zero-order valence-corrected chi connectivity index (χ0v) is 11.7. The van der Waals surface area contributed by atoms with E-state index in [0.717, 1.165) is 38.2 Å². The molecule has 0 saturated carbocycles. The molecule has 1 N–H and O–H groups in total. The Kier molecular flexibility index (Phi) is 5.31. The third kappa shape index (κ3) is 3.75. The largest absolute Gasteiger partial charge is 0.374 e. The van der Waals surface area contributed by atoms with Crippen molar-refractivity contribution < 1.29 is 9.13 Å². The highest BCUT2D eigenvalue weighted by molar-refractivity contribution is 5.21. The second kappa shape index (κ2) is 6.98. The molecule has 3 nitrogen and oxygen atoms in total. The second-order valence-electron chi connectivity index (χ2n) is 5.09. The van der Waals surface area contributed by atoms with Crippen LogP contribution in [0.15, 0.2) is 24.3 Å². The van der Waals surface area contributed by atoms with Gasteiger partial charge < -0.3 is 10.1 Å². The van der Waals surface area contributed by atoms with Gasteiger partial charge in [-0.15, -0.1) is 0 Å². The normalized spacial score (nSPS) is 24.6. The molecule has 1 aromatic carbocycles. The van der Waals surface area contributed by atoms with Gasteiger partial charge in [-0.25, -0.2) is 4.39 Å². The lowest BCUT2D eigenvalue weighted by Gasteiger charge is -2.39. The molecular weight excluding hydrogens is 243 g/mol. The van der Waals surface area contributed by atoms with Crippen molar-refractivity contribution in [3.8, 4) is 0 Å². The lowest BCUT2D eigenvalue weighted by Crippen LogP contribution is -2.47. The van der Waals surface area contributed by atoms with Gasteiger partial charge in [0.25, 0.3) is 0 Å². The van der Waals surface area contributed by atoms with E-state index in [9.17, 15) is 4.39 Å². The minimum atomic E-state index is -0.191. The van der Waals surface area contributed by atoms with E-state index in [-0.39, 0.29) is 18.0 Å². The molecule has 1 aromatic rings. The zero-order valence-electron chi connectivity index (χ0n) is 11.7. The first-order valence-electron chi connectivity index (χ1n) is 7.00. The Morgan fingerprint density at radius 2 is 2.11 bits per heavy atom. The van der Waals surface area contributed by atoms with Crippen molar-refractivity contribution in [2.24, 2.45) is 0 Å². The molecular formula is C15H23FN2O. The summed E-state index contributed by atoms with van der Waals surface area (Å²) >= 11 is 0. The minimum absolute atomic E-state index is 0.121. The molecule has 0 radical (unpaired) electrons. The van der Waals surface area contributed by atoms with Crippen molar-refractivity contribution >= 4 is 0 Å². The van der Waals surface area contributed by atoms with Gasteiger partial charge in [-0.2, -0.15) is 0 Å².